The van der Waals surface area contributed by atoms with Gasteiger partial charge in [0, 0.05) is 12.3 Å². The first-order valence-electron chi connectivity index (χ1n) is 5.12. The van der Waals surface area contributed by atoms with Gasteiger partial charge >= 0.3 is 5.97 Å². The number of thiol groups is 1. The van der Waals surface area contributed by atoms with Gasteiger partial charge in [-0.1, -0.05) is 0 Å². The van der Waals surface area contributed by atoms with E-state index >= 15 is 0 Å². The van der Waals surface area contributed by atoms with Crippen molar-refractivity contribution in [3.05, 3.63) is 23.8 Å². The van der Waals surface area contributed by atoms with Crippen LogP contribution in [0.5, 0.6) is 11.5 Å². The molecule has 6 heteroatoms. The summed E-state index contributed by atoms with van der Waals surface area (Å²) in [6.07, 6.45) is 0.428. The van der Waals surface area contributed by atoms with E-state index < -0.39 is 12.0 Å². The Morgan fingerprint density at radius 2 is 2.12 bits per heavy atom. The predicted molar refractivity (Wildman–Crippen MR) is 66.8 cm³/mol. The van der Waals surface area contributed by atoms with Crippen molar-refractivity contribution in [2.75, 3.05) is 12.3 Å². The Morgan fingerprint density at radius 3 is 2.71 bits per heavy atom. The van der Waals surface area contributed by atoms with Gasteiger partial charge in [-0.05, 0) is 30.2 Å². The van der Waals surface area contributed by atoms with Gasteiger partial charge in [0.2, 0.25) is 0 Å². The maximum Gasteiger partial charge on any atom is 0.321 e. The summed E-state index contributed by atoms with van der Waals surface area (Å²) in [5.74, 6) is -0.606. The Morgan fingerprint density at radius 1 is 1.41 bits per heavy atom. The zero-order valence-corrected chi connectivity index (χ0v) is 10.0. The molecule has 0 radical (unpaired) electrons. The van der Waals surface area contributed by atoms with Crippen LogP contribution in [0, 0.1) is 0 Å². The topological polar surface area (TPSA) is 89.8 Å². The van der Waals surface area contributed by atoms with Gasteiger partial charge in [0.1, 0.15) is 17.5 Å². The zero-order valence-electron chi connectivity index (χ0n) is 9.13. The molecule has 1 aromatic carbocycles. The van der Waals surface area contributed by atoms with Crippen molar-refractivity contribution < 1.29 is 20.1 Å². The highest BCUT2D eigenvalue weighted by molar-refractivity contribution is 7.80. The number of hydrogen-bond acceptors (Lipinski definition) is 5. The minimum Gasteiger partial charge on any atom is -0.508 e. The fourth-order valence-electron chi connectivity index (χ4n) is 1.38. The molecule has 0 saturated heterocycles. The van der Waals surface area contributed by atoms with Crippen molar-refractivity contribution >= 4 is 18.6 Å². The number of phenols is 2. The van der Waals surface area contributed by atoms with E-state index in [4.69, 9.17) is 5.11 Å². The summed E-state index contributed by atoms with van der Waals surface area (Å²) in [5, 5.41) is 30.3. The van der Waals surface area contributed by atoms with Crippen LogP contribution in [0.25, 0.3) is 0 Å². The van der Waals surface area contributed by atoms with Crippen LogP contribution in [0.3, 0.4) is 0 Å². The summed E-state index contributed by atoms with van der Waals surface area (Å²) < 4.78 is 0. The number of carboxylic acid groups (broad SMARTS) is 1. The summed E-state index contributed by atoms with van der Waals surface area (Å²) in [6.45, 7) is 0.383. The number of hydrogen-bond donors (Lipinski definition) is 5. The third kappa shape index (κ3) is 4.16. The first-order valence-corrected chi connectivity index (χ1v) is 5.75. The highest BCUT2D eigenvalue weighted by atomic mass is 32.1. The third-order valence-electron chi connectivity index (χ3n) is 2.33. The highest BCUT2D eigenvalue weighted by Gasteiger charge is 2.14. The molecule has 1 aromatic rings. The molecule has 4 N–H and O–H groups in total. The largest absolute Gasteiger partial charge is 0.508 e. The molecule has 94 valence electrons. The van der Waals surface area contributed by atoms with Crippen molar-refractivity contribution in [1.82, 2.24) is 5.32 Å². The number of carbonyl (C=O) groups is 1. The number of rotatable bonds is 6. The maximum absolute atomic E-state index is 10.7. The molecule has 0 amide bonds. The van der Waals surface area contributed by atoms with E-state index in [1.165, 1.54) is 18.2 Å². The molecule has 0 fully saturated rings. The van der Waals surface area contributed by atoms with Gasteiger partial charge in [-0.25, -0.2) is 0 Å². The summed E-state index contributed by atoms with van der Waals surface area (Å²) >= 11 is 3.92. The van der Waals surface area contributed by atoms with Crippen LogP contribution >= 0.6 is 12.6 Å². The molecule has 0 aliphatic rings. The fourth-order valence-corrected chi connectivity index (χ4v) is 1.67. The number of aromatic hydroxyl groups is 2. The summed E-state index contributed by atoms with van der Waals surface area (Å²) in [7, 11) is 0. The van der Waals surface area contributed by atoms with E-state index in [1.54, 1.807) is 0 Å². The Hall–Kier alpha value is -1.40. The van der Waals surface area contributed by atoms with Gasteiger partial charge in [0.05, 0.1) is 0 Å². The Kier molecular flexibility index (Phi) is 5.11. The summed E-state index contributed by atoms with van der Waals surface area (Å²) in [6, 6.07) is 3.53. The van der Waals surface area contributed by atoms with Crippen molar-refractivity contribution in [1.29, 1.82) is 0 Å². The smallest absolute Gasteiger partial charge is 0.321 e. The SMILES string of the molecule is O=C(O)[C@H](CS)NCCc1cc(O)ccc1O. The first kappa shape index (κ1) is 13.7. The molecule has 0 aromatic heterocycles. The van der Waals surface area contributed by atoms with Crippen LogP contribution in [-0.2, 0) is 11.2 Å². The number of carboxylic acids is 1. The molecule has 0 aliphatic heterocycles. The van der Waals surface area contributed by atoms with Crippen molar-refractivity contribution in [2.45, 2.75) is 12.5 Å². The average molecular weight is 257 g/mol. The van der Waals surface area contributed by atoms with Crippen LogP contribution in [0.1, 0.15) is 5.56 Å². The van der Waals surface area contributed by atoms with Gasteiger partial charge < -0.3 is 20.6 Å². The molecule has 17 heavy (non-hydrogen) atoms. The first-order chi connectivity index (χ1) is 8.04. The third-order valence-corrected chi connectivity index (χ3v) is 2.69. The van der Waals surface area contributed by atoms with Crippen LogP contribution in [0.4, 0.5) is 0 Å². The number of benzene rings is 1. The van der Waals surface area contributed by atoms with Crippen LogP contribution in [0.15, 0.2) is 18.2 Å². The Bertz CT molecular complexity index is 397. The highest BCUT2D eigenvalue weighted by Crippen LogP contribution is 2.22. The molecule has 0 bridgehead atoms. The average Bonchev–Trinajstić information content (AvgIpc) is 2.28. The zero-order chi connectivity index (χ0) is 12.8. The molecule has 5 nitrogen and oxygen atoms in total. The minimum atomic E-state index is -0.958. The molecule has 0 saturated carbocycles. The van der Waals surface area contributed by atoms with E-state index in [2.05, 4.69) is 17.9 Å². The van der Waals surface area contributed by atoms with E-state index in [0.29, 0.717) is 18.5 Å². The Balaban J connectivity index is 2.50. The second-order valence-electron chi connectivity index (χ2n) is 3.59. The van der Waals surface area contributed by atoms with E-state index in [9.17, 15) is 15.0 Å². The van der Waals surface area contributed by atoms with Gasteiger partial charge in [0.15, 0.2) is 0 Å². The molecule has 0 unspecified atom stereocenters. The van der Waals surface area contributed by atoms with Crippen LogP contribution < -0.4 is 5.32 Å². The number of nitrogens with one attached hydrogen (secondary N) is 1. The van der Waals surface area contributed by atoms with Gasteiger partial charge in [-0.2, -0.15) is 12.6 Å². The second-order valence-corrected chi connectivity index (χ2v) is 3.96. The van der Waals surface area contributed by atoms with Crippen LogP contribution in [0.2, 0.25) is 0 Å². The lowest BCUT2D eigenvalue weighted by atomic mass is 10.1. The van der Waals surface area contributed by atoms with Gasteiger partial charge in [-0.15, -0.1) is 0 Å². The molecule has 0 heterocycles. The predicted octanol–water partition coefficient (Wildman–Crippen LogP) is 0.613. The second kappa shape index (κ2) is 6.36. The minimum absolute atomic E-state index is 0.0711. The van der Waals surface area contributed by atoms with Crippen LogP contribution in [-0.4, -0.2) is 39.6 Å². The fraction of sp³-hybridized carbons (Fsp3) is 0.364. The molecular formula is C11H15NO4S. The molecule has 0 aliphatic carbocycles. The van der Waals surface area contributed by atoms with E-state index in [0.717, 1.165) is 0 Å². The number of aliphatic carboxylic acids is 1. The summed E-state index contributed by atoms with van der Waals surface area (Å²) in [4.78, 5) is 10.7. The van der Waals surface area contributed by atoms with Crippen molar-refractivity contribution in [3.63, 3.8) is 0 Å². The standard InChI is InChI=1S/C11H15NO4S/c13-8-1-2-10(14)7(5-8)3-4-12-9(6-17)11(15)16/h1-2,5,9,12-14,17H,3-4,6H2,(H,15,16)/t9-/m0/s1. The lowest BCUT2D eigenvalue weighted by Crippen LogP contribution is -2.39. The normalized spacial score (nSPS) is 12.3. The maximum atomic E-state index is 10.7. The lowest BCUT2D eigenvalue weighted by molar-refractivity contribution is -0.138. The van der Waals surface area contributed by atoms with Gasteiger partial charge in [0.25, 0.3) is 0 Å². The monoisotopic (exact) mass is 257 g/mol. The Labute approximate surface area is 105 Å². The van der Waals surface area contributed by atoms with Crippen molar-refractivity contribution in [2.24, 2.45) is 0 Å². The molecular weight excluding hydrogens is 242 g/mol. The molecule has 0 spiro atoms. The summed E-state index contributed by atoms with van der Waals surface area (Å²) in [5.41, 5.74) is 0.570. The van der Waals surface area contributed by atoms with Gasteiger partial charge in [-0.3, -0.25) is 4.79 Å². The molecule has 1 rings (SSSR count). The van der Waals surface area contributed by atoms with Crippen molar-refractivity contribution in [3.8, 4) is 11.5 Å². The van der Waals surface area contributed by atoms with E-state index in [1.807, 2.05) is 0 Å². The number of phenolic OH excluding ortho intramolecular Hbond substituents is 2. The lowest BCUT2D eigenvalue weighted by Gasteiger charge is -2.12. The van der Waals surface area contributed by atoms with E-state index in [-0.39, 0.29) is 17.3 Å². The quantitative estimate of drug-likeness (QED) is 0.380. The molecule has 1 atom stereocenters.